The fourth-order valence-electron chi connectivity index (χ4n) is 4.41. The summed E-state index contributed by atoms with van der Waals surface area (Å²) in [5.74, 6) is 1.19. The molecule has 0 fully saturated rings. The molecule has 5 rings (SSSR count). The fraction of sp³-hybridized carbons (Fsp3) is 0.250. The third-order valence-corrected chi connectivity index (χ3v) is 8.62. The zero-order valence-corrected chi connectivity index (χ0v) is 20.2. The Hall–Kier alpha value is -2.94. The van der Waals surface area contributed by atoms with Crippen LogP contribution in [0, 0.1) is 5.92 Å². The predicted octanol–water partition coefficient (Wildman–Crippen LogP) is 4.80. The lowest BCUT2D eigenvalue weighted by atomic mass is 10.1. The number of fused-ring (bicyclic) bond motifs is 1. The summed E-state index contributed by atoms with van der Waals surface area (Å²) in [6.07, 6.45) is 0. The second-order valence-corrected chi connectivity index (χ2v) is 10.8. The van der Waals surface area contributed by atoms with Crippen LogP contribution in [-0.4, -0.2) is 30.2 Å². The summed E-state index contributed by atoms with van der Waals surface area (Å²) in [5, 5.41) is 3.74. The highest BCUT2D eigenvalue weighted by molar-refractivity contribution is 7.79. The minimum absolute atomic E-state index is 0.178. The molecule has 2 heterocycles. The highest BCUT2D eigenvalue weighted by Gasteiger charge is 2.33. The Labute approximate surface area is 196 Å². The van der Waals surface area contributed by atoms with Crippen LogP contribution in [0.25, 0.3) is 10.9 Å². The van der Waals surface area contributed by atoms with Gasteiger partial charge in [-0.3, -0.25) is 0 Å². The summed E-state index contributed by atoms with van der Waals surface area (Å²) >= 11 is 0. The minimum Gasteiger partial charge on any atom is -0.475 e. The average Bonchev–Trinajstić information content (AvgIpc) is 3.45. The number of aromatic nitrogens is 1. The molecular weight excluding hydrogens is 427 g/mol. The Bertz CT molecular complexity index is 1230. The maximum atomic E-state index is 6.28. The molecule has 0 radical (unpaired) electrons. The molecule has 0 spiro atoms. The standard InChI is InChI=1S/C28H29N2O2P/c1-20(2)24-18-32-27(29-24)26-23-16-10-11-17-25(23)30(19-31-3)28(26)33(21-12-6-4-7-13-21)22-14-8-5-9-15-22/h4-17,20,24H,18-19H2,1-3H3/t24-/m0/s1. The van der Waals surface area contributed by atoms with E-state index in [0.29, 0.717) is 19.3 Å². The molecule has 33 heavy (non-hydrogen) atoms. The van der Waals surface area contributed by atoms with Crippen molar-refractivity contribution in [1.29, 1.82) is 0 Å². The second kappa shape index (κ2) is 9.51. The van der Waals surface area contributed by atoms with E-state index in [2.05, 4.69) is 103 Å². The zero-order valence-electron chi connectivity index (χ0n) is 19.3. The molecule has 168 valence electrons. The molecule has 1 aromatic heterocycles. The Morgan fingerprint density at radius 2 is 1.55 bits per heavy atom. The van der Waals surface area contributed by atoms with Gasteiger partial charge in [-0.1, -0.05) is 92.7 Å². The van der Waals surface area contributed by atoms with Gasteiger partial charge >= 0.3 is 0 Å². The molecule has 0 saturated carbocycles. The van der Waals surface area contributed by atoms with Gasteiger partial charge in [0.1, 0.15) is 13.3 Å². The van der Waals surface area contributed by atoms with Gasteiger partial charge in [-0.05, 0) is 22.6 Å². The number of para-hydroxylation sites is 1. The summed E-state index contributed by atoms with van der Waals surface area (Å²) < 4.78 is 14.3. The predicted molar refractivity (Wildman–Crippen MR) is 139 cm³/mol. The summed E-state index contributed by atoms with van der Waals surface area (Å²) in [7, 11) is 0.884. The average molecular weight is 457 g/mol. The lowest BCUT2D eigenvalue weighted by molar-refractivity contribution is 0.137. The van der Waals surface area contributed by atoms with Crippen molar-refractivity contribution >= 4 is 40.8 Å². The molecule has 5 heteroatoms. The molecular formula is C28H29N2O2P. The third kappa shape index (κ3) is 4.10. The van der Waals surface area contributed by atoms with Crippen LogP contribution in [0.4, 0.5) is 0 Å². The summed E-state index contributed by atoms with van der Waals surface area (Å²) in [4.78, 5) is 5.06. The van der Waals surface area contributed by atoms with Crippen molar-refractivity contribution in [1.82, 2.24) is 4.57 Å². The SMILES string of the molecule is COCn1c(P(c2ccccc2)c2ccccc2)c(C2=N[C@H](C(C)C)CO2)c2ccccc21. The van der Waals surface area contributed by atoms with Gasteiger partial charge in [0.05, 0.1) is 22.6 Å². The Balaban J connectivity index is 1.84. The molecule has 0 unspecified atom stereocenters. The molecule has 1 aliphatic rings. The lowest BCUT2D eigenvalue weighted by Crippen LogP contribution is -2.30. The van der Waals surface area contributed by atoms with Gasteiger partial charge in [0.15, 0.2) is 0 Å². The fourth-order valence-corrected chi connectivity index (χ4v) is 6.98. The largest absolute Gasteiger partial charge is 0.475 e. The minimum atomic E-state index is -0.870. The molecule has 0 N–H and O–H groups in total. The third-order valence-electron chi connectivity index (χ3n) is 6.10. The Kier molecular flexibility index (Phi) is 6.30. The molecule has 0 bridgehead atoms. The number of benzene rings is 3. The first-order valence-electron chi connectivity index (χ1n) is 11.4. The van der Waals surface area contributed by atoms with E-state index in [4.69, 9.17) is 14.5 Å². The monoisotopic (exact) mass is 456 g/mol. The van der Waals surface area contributed by atoms with Crippen molar-refractivity contribution in [2.45, 2.75) is 26.6 Å². The summed E-state index contributed by atoms with van der Waals surface area (Å²) in [6.45, 7) is 5.51. The number of methoxy groups -OCH3 is 1. The van der Waals surface area contributed by atoms with Gasteiger partial charge < -0.3 is 14.0 Å². The molecule has 1 atom stereocenters. The smallest absolute Gasteiger partial charge is 0.219 e. The van der Waals surface area contributed by atoms with E-state index >= 15 is 0 Å². The number of rotatable bonds is 7. The van der Waals surface area contributed by atoms with Crippen LogP contribution < -0.4 is 16.0 Å². The van der Waals surface area contributed by atoms with Gasteiger partial charge in [0, 0.05) is 20.4 Å². The summed E-state index contributed by atoms with van der Waals surface area (Å²) in [5.41, 5.74) is 3.46. The lowest BCUT2D eigenvalue weighted by Gasteiger charge is -2.23. The normalized spacial score (nSPS) is 15.9. The maximum absolute atomic E-state index is 6.28. The van der Waals surface area contributed by atoms with Gasteiger partial charge in [-0.25, -0.2) is 4.99 Å². The molecule has 3 aromatic carbocycles. The molecule has 4 nitrogen and oxygen atoms in total. The highest BCUT2D eigenvalue weighted by Crippen LogP contribution is 2.39. The van der Waals surface area contributed by atoms with Crippen molar-refractivity contribution in [2.24, 2.45) is 10.9 Å². The van der Waals surface area contributed by atoms with Crippen molar-refractivity contribution in [3.8, 4) is 0 Å². The van der Waals surface area contributed by atoms with E-state index < -0.39 is 7.92 Å². The van der Waals surface area contributed by atoms with E-state index in [1.54, 1.807) is 7.11 Å². The number of aliphatic imine (C=N–C) groups is 1. The van der Waals surface area contributed by atoms with Crippen LogP contribution in [-0.2, 0) is 16.2 Å². The number of hydrogen-bond acceptors (Lipinski definition) is 3. The first kappa shape index (κ1) is 21.9. The van der Waals surface area contributed by atoms with Crippen molar-refractivity contribution < 1.29 is 9.47 Å². The van der Waals surface area contributed by atoms with Crippen LogP contribution >= 0.6 is 7.92 Å². The molecule has 4 aromatic rings. The summed E-state index contributed by atoms with van der Waals surface area (Å²) in [6, 6.07) is 30.2. The van der Waals surface area contributed by atoms with E-state index in [1.807, 2.05) is 0 Å². The first-order valence-corrected chi connectivity index (χ1v) is 12.7. The number of hydrogen-bond donors (Lipinski definition) is 0. The van der Waals surface area contributed by atoms with Crippen LogP contribution in [0.5, 0.6) is 0 Å². The van der Waals surface area contributed by atoms with Crippen LogP contribution in [0.2, 0.25) is 0 Å². The molecule has 0 amide bonds. The van der Waals surface area contributed by atoms with E-state index in [-0.39, 0.29) is 6.04 Å². The Morgan fingerprint density at radius 3 is 2.12 bits per heavy atom. The zero-order chi connectivity index (χ0) is 22.8. The molecule has 0 aliphatic carbocycles. The van der Waals surface area contributed by atoms with Crippen molar-refractivity contribution in [3.05, 3.63) is 90.5 Å². The quantitative estimate of drug-likeness (QED) is 0.375. The maximum Gasteiger partial charge on any atom is 0.219 e. The number of ether oxygens (including phenoxy) is 2. The van der Waals surface area contributed by atoms with E-state index in [1.165, 1.54) is 16.0 Å². The highest BCUT2D eigenvalue weighted by atomic mass is 31.1. The number of nitrogens with zero attached hydrogens (tertiary/aromatic N) is 2. The Morgan fingerprint density at radius 1 is 0.939 bits per heavy atom. The van der Waals surface area contributed by atoms with Gasteiger partial charge in [-0.15, -0.1) is 0 Å². The molecule has 1 aliphatic heterocycles. The van der Waals surface area contributed by atoms with E-state index in [0.717, 1.165) is 22.4 Å². The van der Waals surface area contributed by atoms with Gasteiger partial charge in [0.2, 0.25) is 5.90 Å². The topological polar surface area (TPSA) is 35.8 Å². The van der Waals surface area contributed by atoms with E-state index in [9.17, 15) is 0 Å². The second-order valence-electron chi connectivity index (χ2n) is 8.62. The van der Waals surface area contributed by atoms with Crippen molar-refractivity contribution in [2.75, 3.05) is 13.7 Å². The first-order chi connectivity index (χ1) is 16.2. The van der Waals surface area contributed by atoms with Crippen LogP contribution in [0.3, 0.4) is 0 Å². The van der Waals surface area contributed by atoms with Crippen LogP contribution in [0.15, 0.2) is 89.9 Å². The molecule has 0 saturated heterocycles. The van der Waals surface area contributed by atoms with Gasteiger partial charge in [-0.2, -0.15) is 0 Å². The van der Waals surface area contributed by atoms with Crippen molar-refractivity contribution in [3.63, 3.8) is 0 Å². The van der Waals surface area contributed by atoms with Crippen LogP contribution in [0.1, 0.15) is 19.4 Å². The van der Waals surface area contributed by atoms with Gasteiger partial charge in [0.25, 0.3) is 0 Å².